The maximum Gasteiger partial charge on any atom is 0.258 e. The van der Waals surface area contributed by atoms with Gasteiger partial charge in [0.15, 0.2) is 0 Å². The van der Waals surface area contributed by atoms with E-state index >= 15 is 0 Å². The lowest BCUT2D eigenvalue weighted by atomic mass is 10.0. The summed E-state index contributed by atoms with van der Waals surface area (Å²) in [5, 5.41) is 0. The number of nitrogens with zero attached hydrogens (tertiary/aromatic N) is 1. The van der Waals surface area contributed by atoms with Crippen LogP contribution < -0.4 is 4.90 Å². The van der Waals surface area contributed by atoms with Crippen molar-refractivity contribution in [3.63, 3.8) is 0 Å². The standard InChI is InChI=1S/C17H15NO/c1-12-8-9-16-14(10-12)15(17(19)18(16)2)11-13-6-4-3-5-7-13/h3-11H,1-2H3/b15-11+. The van der Waals surface area contributed by atoms with Crippen LogP contribution in [0.2, 0.25) is 0 Å². The molecule has 0 atom stereocenters. The predicted molar refractivity (Wildman–Crippen MR) is 78.9 cm³/mol. The first kappa shape index (κ1) is 11.7. The van der Waals surface area contributed by atoms with Crippen LogP contribution in [0, 0.1) is 6.92 Å². The molecule has 2 aromatic rings. The van der Waals surface area contributed by atoms with E-state index in [0.29, 0.717) is 0 Å². The number of hydrogen-bond acceptors (Lipinski definition) is 1. The van der Waals surface area contributed by atoms with Crippen molar-refractivity contribution in [1.29, 1.82) is 0 Å². The molecule has 0 aliphatic carbocycles. The summed E-state index contributed by atoms with van der Waals surface area (Å²) in [7, 11) is 1.82. The molecule has 0 fully saturated rings. The average molecular weight is 249 g/mol. The van der Waals surface area contributed by atoms with Gasteiger partial charge in [-0.2, -0.15) is 0 Å². The van der Waals surface area contributed by atoms with Crippen molar-refractivity contribution in [2.24, 2.45) is 0 Å². The summed E-state index contributed by atoms with van der Waals surface area (Å²) < 4.78 is 0. The van der Waals surface area contributed by atoms with E-state index in [2.05, 4.69) is 6.07 Å². The Labute approximate surface area is 113 Å². The Morgan fingerprint density at radius 1 is 1.05 bits per heavy atom. The van der Waals surface area contributed by atoms with E-state index in [1.807, 2.05) is 62.5 Å². The Morgan fingerprint density at radius 3 is 2.53 bits per heavy atom. The van der Waals surface area contributed by atoms with Crippen molar-refractivity contribution >= 4 is 23.2 Å². The van der Waals surface area contributed by atoms with Crippen LogP contribution >= 0.6 is 0 Å². The molecular weight excluding hydrogens is 234 g/mol. The summed E-state index contributed by atoms with van der Waals surface area (Å²) >= 11 is 0. The molecule has 1 aliphatic rings. The number of likely N-dealkylation sites (N-methyl/N-ethyl adjacent to an activating group) is 1. The summed E-state index contributed by atoms with van der Waals surface area (Å²) in [5.41, 5.74) is 5.00. The summed E-state index contributed by atoms with van der Waals surface area (Å²) in [6.07, 6.45) is 1.96. The largest absolute Gasteiger partial charge is 0.311 e. The number of amides is 1. The Kier molecular flexibility index (Phi) is 2.71. The molecule has 19 heavy (non-hydrogen) atoms. The monoisotopic (exact) mass is 249 g/mol. The van der Waals surface area contributed by atoms with Gasteiger partial charge in [0, 0.05) is 18.2 Å². The number of fused-ring (bicyclic) bond motifs is 1. The number of rotatable bonds is 1. The molecule has 3 rings (SSSR count). The molecule has 0 bridgehead atoms. The van der Waals surface area contributed by atoms with Gasteiger partial charge in [-0.15, -0.1) is 0 Å². The first-order valence-electron chi connectivity index (χ1n) is 6.32. The van der Waals surface area contributed by atoms with Crippen LogP contribution in [0.3, 0.4) is 0 Å². The zero-order valence-electron chi connectivity index (χ0n) is 11.1. The summed E-state index contributed by atoms with van der Waals surface area (Å²) in [5.74, 6) is 0.0597. The van der Waals surface area contributed by atoms with E-state index in [-0.39, 0.29) is 5.91 Å². The molecule has 0 saturated heterocycles. The Morgan fingerprint density at radius 2 is 1.79 bits per heavy atom. The van der Waals surface area contributed by atoms with Crippen LogP contribution in [0.25, 0.3) is 11.6 Å². The minimum atomic E-state index is 0.0597. The van der Waals surface area contributed by atoms with Crippen LogP contribution in [-0.2, 0) is 4.79 Å². The number of carbonyl (C=O) groups excluding carboxylic acids is 1. The van der Waals surface area contributed by atoms with Crippen molar-refractivity contribution in [2.45, 2.75) is 6.92 Å². The molecule has 0 saturated carbocycles. The smallest absolute Gasteiger partial charge is 0.258 e. The third-order valence-corrected chi connectivity index (χ3v) is 3.45. The molecule has 1 heterocycles. The lowest BCUT2D eigenvalue weighted by molar-refractivity contribution is -0.112. The van der Waals surface area contributed by atoms with Crippen LogP contribution in [-0.4, -0.2) is 13.0 Å². The second kappa shape index (κ2) is 4.39. The van der Waals surface area contributed by atoms with Crippen molar-refractivity contribution in [1.82, 2.24) is 0 Å². The third kappa shape index (κ3) is 1.95. The molecule has 1 aliphatic heterocycles. The zero-order chi connectivity index (χ0) is 13.4. The lowest BCUT2D eigenvalue weighted by Gasteiger charge is -2.08. The highest BCUT2D eigenvalue weighted by Gasteiger charge is 2.29. The molecule has 0 aromatic heterocycles. The molecule has 2 heteroatoms. The Bertz CT molecular complexity index is 671. The van der Waals surface area contributed by atoms with E-state index < -0.39 is 0 Å². The molecule has 0 N–H and O–H groups in total. The van der Waals surface area contributed by atoms with Crippen LogP contribution in [0.15, 0.2) is 48.5 Å². The Balaban J connectivity index is 2.16. The van der Waals surface area contributed by atoms with Crippen LogP contribution in [0.1, 0.15) is 16.7 Å². The average Bonchev–Trinajstić information content (AvgIpc) is 2.65. The fourth-order valence-electron chi connectivity index (χ4n) is 2.42. The normalized spacial score (nSPS) is 16.0. The number of aryl methyl sites for hydroxylation is 1. The van der Waals surface area contributed by atoms with Crippen LogP contribution in [0.5, 0.6) is 0 Å². The van der Waals surface area contributed by atoms with E-state index in [0.717, 1.165) is 22.4 Å². The van der Waals surface area contributed by atoms with Gasteiger partial charge in [0.05, 0.1) is 5.69 Å². The van der Waals surface area contributed by atoms with Gasteiger partial charge in [0.2, 0.25) is 0 Å². The van der Waals surface area contributed by atoms with Gasteiger partial charge in [-0.3, -0.25) is 4.79 Å². The van der Waals surface area contributed by atoms with E-state index in [9.17, 15) is 4.79 Å². The first-order valence-corrected chi connectivity index (χ1v) is 6.32. The van der Waals surface area contributed by atoms with Gasteiger partial charge in [-0.1, -0.05) is 42.0 Å². The third-order valence-electron chi connectivity index (χ3n) is 3.45. The number of anilines is 1. The highest BCUT2D eigenvalue weighted by molar-refractivity contribution is 6.35. The molecule has 0 radical (unpaired) electrons. The molecule has 0 unspecified atom stereocenters. The number of benzene rings is 2. The highest BCUT2D eigenvalue weighted by Crippen LogP contribution is 2.37. The van der Waals surface area contributed by atoms with Gasteiger partial charge in [-0.25, -0.2) is 0 Å². The fourth-order valence-corrected chi connectivity index (χ4v) is 2.42. The second-order valence-electron chi connectivity index (χ2n) is 4.85. The number of hydrogen-bond donors (Lipinski definition) is 0. The maximum absolute atomic E-state index is 12.3. The van der Waals surface area contributed by atoms with Crippen LogP contribution in [0.4, 0.5) is 5.69 Å². The topological polar surface area (TPSA) is 20.3 Å². The highest BCUT2D eigenvalue weighted by atomic mass is 16.2. The van der Waals surface area contributed by atoms with Crippen molar-refractivity contribution in [3.8, 4) is 0 Å². The lowest BCUT2D eigenvalue weighted by Crippen LogP contribution is -2.20. The molecule has 94 valence electrons. The van der Waals surface area contributed by atoms with Gasteiger partial charge in [0.25, 0.3) is 5.91 Å². The number of carbonyl (C=O) groups is 1. The second-order valence-corrected chi connectivity index (χ2v) is 4.85. The molecule has 2 nitrogen and oxygen atoms in total. The van der Waals surface area contributed by atoms with Gasteiger partial charge >= 0.3 is 0 Å². The fraction of sp³-hybridized carbons (Fsp3) is 0.118. The van der Waals surface area contributed by atoms with Gasteiger partial charge in [-0.05, 0) is 30.7 Å². The minimum absolute atomic E-state index is 0.0597. The molecule has 2 aromatic carbocycles. The van der Waals surface area contributed by atoms with E-state index in [1.165, 1.54) is 5.56 Å². The molecular formula is C17H15NO. The summed E-state index contributed by atoms with van der Waals surface area (Å²) in [6.45, 7) is 2.04. The van der Waals surface area contributed by atoms with Gasteiger partial charge in [0.1, 0.15) is 0 Å². The molecule has 0 spiro atoms. The summed E-state index contributed by atoms with van der Waals surface area (Å²) in [6, 6.07) is 16.1. The quantitative estimate of drug-likeness (QED) is 0.708. The SMILES string of the molecule is Cc1ccc2c(c1)/C(=C\c1ccccc1)C(=O)N2C. The maximum atomic E-state index is 12.3. The summed E-state index contributed by atoms with van der Waals surface area (Å²) in [4.78, 5) is 14.0. The van der Waals surface area contributed by atoms with Crippen molar-refractivity contribution in [3.05, 3.63) is 65.2 Å². The van der Waals surface area contributed by atoms with E-state index in [4.69, 9.17) is 0 Å². The van der Waals surface area contributed by atoms with Crippen molar-refractivity contribution < 1.29 is 4.79 Å². The molecule has 1 amide bonds. The predicted octanol–water partition coefficient (Wildman–Crippen LogP) is 3.51. The first-order chi connectivity index (χ1) is 9.16. The zero-order valence-corrected chi connectivity index (χ0v) is 11.1. The van der Waals surface area contributed by atoms with E-state index in [1.54, 1.807) is 4.90 Å². The Hall–Kier alpha value is -2.35. The van der Waals surface area contributed by atoms with Crippen molar-refractivity contribution in [2.75, 3.05) is 11.9 Å². The van der Waals surface area contributed by atoms with Gasteiger partial charge < -0.3 is 4.90 Å². The minimum Gasteiger partial charge on any atom is -0.311 e.